The Balaban J connectivity index is 1.22. The molecule has 3 N–H and O–H groups in total. The summed E-state index contributed by atoms with van der Waals surface area (Å²) in [7, 11) is 0. The lowest BCUT2D eigenvalue weighted by Crippen LogP contribution is -2.39. The first kappa shape index (κ1) is 39.5. The van der Waals surface area contributed by atoms with Crippen molar-refractivity contribution >= 4 is 63.7 Å². The minimum Gasteiger partial charge on any atom is -0.444 e. The van der Waals surface area contributed by atoms with Gasteiger partial charge in [-0.1, -0.05) is 84.4 Å². The predicted molar refractivity (Wildman–Crippen MR) is 221 cm³/mol. The number of nitriles is 1. The normalized spacial score (nSPS) is 13.1. The van der Waals surface area contributed by atoms with Crippen LogP contribution in [0.3, 0.4) is 0 Å². The lowest BCUT2D eigenvalue weighted by Gasteiger charge is -2.29. The van der Waals surface area contributed by atoms with E-state index in [1.807, 2.05) is 94.4 Å². The first-order valence-electron chi connectivity index (χ1n) is 18.0. The number of carbonyl (C=O) groups is 4. The molecule has 0 radical (unpaired) electrons. The van der Waals surface area contributed by atoms with Crippen LogP contribution in [-0.4, -0.2) is 40.9 Å². The number of benzene rings is 4. The molecule has 0 fully saturated rings. The summed E-state index contributed by atoms with van der Waals surface area (Å²) < 4.78 is 5.57. The largest absolute Gasteiger partial charge is 0.444 e. The van der Waals surface area contributed by atoms with E-state index in [1.54, 1.807) is 53.4 Å². The molecule has 2 heterocycles. The third-order valence-corrected chi connectivity index (χ3v) is 11.0. The molecular formula is C44H41N5O5S2. The van der Waals surface area contributed by atoms with E-state index >= 15 is 0 Å². The van der Waals surface area contributed by atoms with Gasteiger partial charge in [-0.05, 0) is 87.2 Å². The maximum Gasteiger partial charge on any atom is 0.410 e. The summed E-state index contributed by atoms with van der Waals surface area (Å²) in [6.45, 7) is 8.08. The number of amides is 4. The number of fused-ring (bicyclic) bond motifs is 1. The zero-order valence-corrected chi connectivity index (χ0v) is 33.1. The molecule has 0 bridgehead atoms. The topological polar surface area (TPSA) is 141 Å². The highest BCUT2D eigenvalue weighted by Gasteiger charge is 2.31. The quantitative estimate of drug-likeness (QED) is 0.0948. The molecule has 10 nitrogen and oxygen atoms in total. The van der Waals surface area contributed by atoms with Crippen LogP contribution in [-0.2, 0) is 27.3 Å². The number of anilines is 2. The summed E-state index contributed by atoms with van der Waals surface area (Å²) in [4.78, 5) is 57.0. The van der Waals surface area contributed by atoms with Crippen molar-refractivity contribution in [3.05, 3.63) is 153 Å². The molecule has 5 aromatic rings. The number of aryl methyl sites for hydroxylation is 1. The van der Waals surface area contributed by atoms with Gasteiger partial charge in [0.05, 0.1) is 12.1 Å². The monoisotopic (exact) mass is 783 g/mol. The molecule has 4 aromatic carbocycles. The van der Waals surface area contributed by atoms with Gasteiger partial charge in [0.1, 0.15) is 27.6 Å². The summed E-state index contributed by atoms with van der Waals surface area (Å²) >= 11 is 2.59. The van der Waals surface area contributed by atoms with Gasteiger partial charge in [0.15, 0.2) is 0 Å². The highest BCUT2D eigenvalue weighted by Crippen LogP contribution is 2.41. The van der Waals surface area contributed by atoms with Crippen LogP contribution in [0.15, 0.2) is 120 Å². The maximum absolute atomic E-state index is 14.2. The Morgan fingerprint density at radius 2 is 1.62 bits per heavy atom. The number of hydrogen-bond donors (Lipinski definition) is 3. The third-order valence-electron chi connectivity index (χ3n) is 8.63. The van der Waals surface area contributed by atoms with Crippen LogP contribution >= 0.6 is 23.1 Å². The van der Waals surface area contributed by atoms with E-state index in [2.05, 4.69) is 22.0 Å². The Hall–Kier alpha value is -6.16. The molecule has 6 rings (SSSR count). The minimum absolute atomic E-state index is 0.0604. The van der Waals surface area contributed by atoms with E-state index < -0.39 is 28.8 Å². The molecule has 0 aliphatic carbocycles. The van der Waals surface area contributed by atoms with Crippen molar-refractivity contribution in [3.8, 4) is 6.07 Å². The molecule has 0 saturated carbocycles. The van der Waals surface area contributed by atoms with Gasteiger partial charge in [-0.3, -0.25) is 14.4 Å². The first-order valence-corrected chi connectivity index (χ1v) is 19.7. The fraction of sp³-hybridized carbons (Fsp3) is 0.205. The van der Waals surface area contributed by atoms with Gasteiger partial charge in [0, 0.05) is 27.6 Å². The molecule has 1 aliphatic heterocycles. The lowest BCUT2D eigenvalue weighted by molar-refractivity contribution is -0.116. The van der Waals surface area contributed by atoms with Crippen LogP contribution in [0.25, 0.3) is 6.08 Å². The Kier molecular flexibility index (Phi) is 12.4. The Labute approximate surface area is 334 Å². The second-order valence-electron chi connectivity index (χ2n) is 14.1. The number of carbonyl (C=O) groups excluding carboxylic acids is 4. The third kappa shape index (κ3) is 10.1. The Bertz CT molecular complexity index is 2330. The van der Waals surface area contributed by atoms with E-state index in [-0.39, 0.29) is 18.1 Å². The molecule has 1 atom stereocenters. The van der Waals surface area contributed by atoms with Crippen molar-refractivity contribution in [1.82, 2.24) is 10.2 Å². The maximum atomic E-state index is 14.2. The summed E-state index contributed by atoms with van der Waals surface area (Å²) in [5.41, 5.74) is 4.01. The number of rotatable bonds is 10. The van der Waals surface area contributed by atoms with Crippen molar-refractivity contribution < 1.29 is 23.9 Å². The number of nitrogens with one attached hydrogen (secondary N) is 3. The molecule has 0 spiro atoms. The molecular weight excluding hydrogens is 743 g/mol. The van der Waals surface area contributed by atoms with Gasteiger partial charge in [0.2, 0.25) is 5.91 Å². The standard InChI is InChI=1S/C44H41N5O5S2/c1-28-13-11-14-29(23-28)24-36(47-39(50)31-17-9-6-10-18-31)40(51)46-32-19-12-20-33(25-32)55-38(30-15-7-5-8-16-30)41(52)48-42-35(26-45)34-21-22-49(27-37(34)56-42)43(53)54-44(2,3)4/h5-20,23-25,38H,21-22,27H2,1-4H3,(H,46,51)(H,47,50)(H,48,52)/b36-24+. The first-order chi connectivity index (χ1) is 26.9. The van der Waals surface area contributed by atoms with E-state index in [9.17, 15) is 24.4 Å². The van der Waals surface area contributed by atoms with E-state index in [1.165, 1.54) is 23.1 Å². The summed E-state index contributed by atoms with van der Waals surface area (Å²) in [6, 6.07) is 35.0. The number of thiophene rings is 1. The van der Waals surface area contributed by atoms with Crippen LogP contribution in [0.4, 0.5) is 15.5 Å². The number of ether oxygens (including phenoxy) is 1. The zero-order valence-electron chi connectivity index (χ0n) is 31.4. The second kappa shape index (κ2) is 17.5. The molecule has 1 unspecified atom stereocenters. The fourth-order valence-corrected chi connectivity index (χ4v) is 8.32. The van der Waals surface area contributed by atoms with Crippen molar-refractivity contribution in [3.63, 3.8) is 0 Å². The van der Waals surface area contributed by atoms with Crippen LogP contribution < -0.4 is 16.0 Å². The van der Waals surface area contributed by atoms with Crippen molar-refractivity contribution in [2.24, 2.45) is 0 Å². The van der Waals surface area contributed by atoms with Crippen LogP contribution in [0.5, 0.6) is 0 Å². The van der Waals surface area contributed by atoms with Gasteiger partial charge in [-0.2, -0.15) is 5.26 Å². The highest BCUT2D eigenvalue weighted by molar-refractivity contribution is 8.00. The zero-order chi connectivity index (χ0) is 39.8. The fourth-order valence-electron chi connectivity index (χ4n) is 6.02. The average molecular weight is 784 g/mol. The molecule has 0 saturated heterocycles. The van der Waals surface area contributed by atoms with Crippen molar-refractivity contribution in [2.75, 3.05) is 17.2 Å². The van der Waals surface area contributed by atoms with Gasteiger partial charge in [-0.15, -0.1) is 23.1 Å². The van der Waals surface area contributed by atoms with Gasteiger partial charge < -0.3 is 25.6 Å². The highest BCUT2D eigenvalue weighted by atomic mass is 32.2. The van der Waals surface area contributed by atoms with Gasteiger partial charge in [0.25, 0.3) is 11.8 Å². The summed E-state index contributed by atoms with van der Waals surface area (Å²) in [6.07, 6.45) is 1.68. The van der Waals surface area contributed by atoms with Crippen LogP contribution in [0.1, 0.15) is 69.1 Å². The van der Waals surface area contributed by atoms with E-state index in [4.69, 9.17) is 4.74 Å². The molecule has 12 heteroatoms. The Morgan fingerprint density at radius 1 is 0.911 bits per heavy atom. The van der Waals surface area contributed by atoms with Crippen molar-refractivity contribution in [1.29, 1.82) is 5.26 Å². The number of nitrogens with zero attached hydrogens (tertiary/aromatic N) is 2. The number of thioether (sulfide) groups is 1. The average Bonchev–Trinajstić information content (AvgIpc) is 3.52. The molecule has 1 aromatic heterocycles. The molecule has 284 valence electrons. The minimum atomic E-state index is -0.729. The summed E-state index contributed by atoms with van der Waals surface area (Å²) in [5.74, 6) is -1.28. The van der Waals surface area contributed by atoms with Gasteiger partial charge in [-0.25, -0.2) is 4.79 Å². The second-order valence-corrected chi connectivity index (χ2v) is 16.4. The van der Waals surface area contributed by atoms with Gasteiger partial charge >= 0.3 is 6.09 Å². The smallest absolute Gasteiger partial charge is 0.410 e. The number of hydrogen-bond acceptors (Lipinski definition) is 8. The van der Waals surface area contributed by atoms with Crippen LogP contribution in [0.2, 0.25) is 0 Å². The van der Waals surface area contributed by atoms with Crippen molar-refractivity contribution in [2.45, 2.75) is 56.4 Å². The van der Waals surface area contributed by atoms with Crippen LogP contribution in [0, 0.1) is 18.3 Å². The van der Waals surface area contributed by atoms with E-state index in [0.717, 1.165) is 27.1 Å². The Morgan fingerprint density at radius 3 is 2.32 bits per heavy atom. The SMILES string of the molecule is Cc1cccc(/C=C(/NC(=O)c2ccccc2)C(=O)Nc2cccc(SC(C(=O)Nc3sc4c(c3C#N)CCN(C(=O)OC(C)(C)C)C4)c3ccccc3)c2)c1. The van der Waals surface area contributed by atoms with E-state index in [0.29, 0.717) is 39.7 Å². The summed E-state index contributed by atoms with van der Waals surface area (Å²) in [5, 5.41) is 18.6. The predicted octanol–water partition coefficient (Wildman–Crippen LogP) is 9.10. The lowest BCUT2D eigenvalue weighted by atomic mass is 10.0. The molecule has 4 amide bonds. The molecule has 56 heavy (non-hydrogen) atoms. The molecule has 1 aliphatic rings.